The zero-order valence-corrected chi connectivity index (χ0v) is 36.5. The lowest BCUT2D eigenvalue weighted by atomic mass is 10.1. The maximum Gasteiger partial charge on any atom is 0.472 e. The van der Waals surface area contributed by atoms with E-state index in [0.717, 1.165) is 83.5 Å². The van der Waals surface area contributed by atoms with Crippen LogP contribution in [0.5, 0.6) is 0 Å². The third-order valence-corrected chi connectivity index (χ3v) is 10.2. The van der Waals surface area contributed by atoms with Crippen molar-refractivity contribution < 1.29 is 37.9 Å². The van der Waals surface area contributed by atoms with Crippen molar-refractivity contribution in [3.8, 4) is 0 Å². The number of hydrogen-bond acceptors (Lipinski definition) is 7. The summed E-state index contributed by atoms with van der Waals surface area (Å²) in [5.74, 6) is -0.558. The second-order valence-electron chi connectivity index (χ2n) is 14.7. The quantitative estimate of drug-likeness (QED) is 0.0241. The highest BCUT2D eigenvalue weighted by molar-refractivity contribution is 7.47. The van der Waals surface area contributed by atoms with E-state index in [1.807, 2.05) is 0 Å². The molecule has 2 atom stereocenters. The highest BCUT2D eigenvalue weighted by atomic mass is 31.2. The smallest absolute Gasteiger partial charge is 0.463 e. The fraction of sp³-hybridized carbons (Fsp3) is 0.739. The molecule has 0 aliphatic heterocycles. The largest absolute Gasteiger partial charge is 0.472 e. The molecule has 0 fully saturated rings. The summed E-state index contributed by atoms with van der Waals surface area (Å²) >= 11 is 0. The predicted octanol–water partition coefficient (Wildman–Crippen LogP) is 12.5. The molecule has 0 radical (unpaired) electrons. The number of hydrogen-bond donors (Lipinski definition) is 3. The van der Waals surface area contributed by atoms with Crippen LogP contribution in [0.2, 0.25) is 0 Å². The highest BCUT2D eigenvalue weighted by Crippen LogP contribution is 2.42. The Hall–Kier alpha value is -2.29. The number of unbranched alkanes of at least 4 members (excludes halogenated alkanes) is 18. The van der Waals surface area contributed by atoms with E-state index >= 15 is 0 Å². The van der Waals surface area contributed by atoms with Crippen molar-refractivity contribution in [3.63, 3.8) is 0 Å². The van der Waals surface area contributed by atoms with Gasteiger partial charge in [-0.05, 0) is 83.5 Å². The summed E-state index contributed by atoms with van der Waals surface area (Å²) in [4.78, 5) is 33.9. The van der Waals surface area contributed by atoms with Crippen molar-refractivity contribution >= 4 is 19.7 Å². The zero-order chi connectivity index (χ0) is 41.1. The van der Waals surface area contributed by atoms with E-state index in [1.165, 1.54) is 77.0 Å². The Morgan fingerprint density at radius 1 is 0.554 bits per heavy atom. The van der Waals surface area contributed by atoms with E-state index in [9.17, 15) is 24.2 Å². The number of ether oxygens (including phenoxy) is 1. The van der Waals surface area contributed by atoms with Crippen LogP contribution in [0.15, 0.2) is 60.8 Å². The molecule has 0 aromatic rings. The number of amides is 1. The van der Waals surface area contributed by atoms with Gasteiger partial charge in [-0.2, -0.15) is 0 Å². The number of carbonyl (C=O) groups is 2. The standard InChI is InChI=1S/C46H82NO8P/c1-3-5-7-9-11-13-15-17-19-21-22-23-24-26-28-30-32-34-36-38-45(49)47-40-41-54-56(51,52)55-43-44(48)42-53-46(50)39-37-35-33-31-29-27-25-20-18-16-14-12-10-8-6-4-2/h11,13,17,19-20,22-23,25-26,28,44,48H,3-10,12,14-16,18,21,24,27,29-43H2,1-2H3,(H,47,49)(H,51,52)/b13-11-,19-17-,23-22-,25-20-,28-26-. The Balaban J connectivity index is 3.67. The number of aliphatic hydroxyl groups excluding tert-OH is 1. The summed E-state index contributed by atoms with van der Waals surface area (Å²) in [6, 6.07) is 0. The average Bonchev–Trinajstić information content (AvgIpc) is 3.18. The number of nitrogens with one attached hydrogen (secondary N) is 1. The lowest BCUT2D eigenvalue weighted by Gasteiger charge is -2.15. The van der Waals surface area contributed by atoms with Crippen LogP contribution in [0.25, 0.3) is 0 Å². The van der Waals surface area contributed by atoms with Crippen LogP contribution >= 0.6 is 7.82 Å². The van der Waals surface area contributed by atoms with E-state index in [4.69, 9.17) is 13.8 Å². The van der Waals surface area contributed by atoms with Crippen molar-refractivity contribution in [1.29, 1.82) is 0 Å². The summed E-state index contributed by atoms with van der Waals surface area (Å²) in [6.07, 6.45) is 50.0. The molecule has 1 amide bonds. The van der Waals surface area contributed by atoms with Gasteiger partial charge < -0.3 is 20.1 Å². The van der Waals surface area contributed by atoms with E-state index < -0.39 is 26.5 Å². The monoisotopic (exact) mass is 808 g/mol. The third kappa shape index (κ3) is 42.8. The summed E-state index contributed by atoms with van der Waals surface area (Å²) in [5.41, 5.74) is 0. The van der Waals surface area contributed by atoms with Crippen LogP contribution in [0.4, 0.5) is 0 Å². The molecule has 0 bridgehead atoms. The molecule has 324 valence electrons. The maximum atomic E-state index is 12.1. The molecule has 10 heteroatoms. The first-order valence-electron chi connectivity index (χ1n) is 22.3. The van der Waals surface area contributed by atoms with Crippen LogP contribution < -0.4 is 5.32 Å². The van der Waals surface area contributed by atoms with Gasteiger partial charge in [-0.25, -0.2) is 4.57 Å². The Morgan fingerprint density at radius 2 is 0.964 bits per heavy atom. The first kappa shape index (κ1) is 53.7. The summed E-state index contributed by atoms with van der Waals surface area (Å²) < 4.78 is 26.9. The van der Waals surface area contributed by atoms with Gasteiger partial charge in [0.2, 0.25) is 5.91 Å². The number of phosphoric acid groups is 1. The first-order valence-corrected chi connectivity index (χ1v) is 23.8. The van der Waals surface area contributed by atoms with Gasteiger partial charge in [0.1, 0.15) is 12.7 Å². The average molecular weight is 808 g/mol. The van der Waals surface area contributed by atoms with Gasteiger partial charge in [-0.1, -0.05) is 152 Å². The maximum absolute atomic E-state index is 12.1. The molecule has 3 N–H and O–H groups in total. The van der Waals surface area contributed by atoms with Crippen molar-refractivity contribution in [2.75, 3.05) is 26.4 Å². The Bertz CT molecular complexity index is 1100. The molecule has 0 aromatic carbocycles. The van der Waals surface area contributed by atoms with Gasteiger partial charge in [0, 0.05) is 19.4 Å². The highest BCUT2D eigenvalue weighted by Gasteiger charge is 2.23. The zero-order valence-electron chi connectivity index (χ0n) is 35.6. The number of rotatable bonds is 41. The van der Waals surface area contributed by atoms with Crippen LogP contribution in [0.1, 0.15) is 187 Å². The van der Waals surface area contributed by atoms with E-state index in [0.29, 0.717) is 6.42 Å². The molecule has 0 aliphatic rings. The van der Waals surface area contributed by atoms with Gasteiger partial charge in [-0.3, -0.25) is 18.6 Å². The first-order chi connectivity index (χ1) is 27.3. The molecule has 9 nitrogen and oxygen atoms in total. The summed E-state index contributed by atoms with van der Waals surface area (Å²) in [7, 11) is -4.43. The molecular weight excluding hydrogens is 725 g/mol. The number of phosphoric ester groups is 1. The second kappa shape index (κ2) is 42.3. The lowest BCUT2D eigenvalue weighted by Crippen LogP contribution is -2.27. The van der Waals surface area contributed by atoms with Crippen molar-refractivity contribution in [1.82, 2.24) is 5.32 Å². The Morgan fingerprint density at radius 3 is 1.52 bits per heavy atom. The van der Waals surface area contributed by atoms with Gasteiger partial charge in [0.05, 0.1) is 13.2 Å². The molecule has 0 saturated heterocycles. The fourth-order valence-corrected chi connectivity index (χ4v) is 6.53. The number of carbonyl (C=O) groups excluding carboxylic acids is 2. The topological polar surface area (TPSA) is 131 Å². The molecule has 56 heavy (non-hydrogen) atoms. The fourth-order valence-electron chi connectivity index (χ4n) is 5.77. The Kier molecular flexibility index (Phi) is 40.6. The van der Waals surface area contributed by atoms with Gasteiger partial charge in [0.15, 0.2) is 0 Å². The minimum absolute atomic E-state index is 0.0610. The minimum Gasteiger partial charge on any atom is -0.463 e. The molecule has 0 aliphatic carbocycles. The van der Waals surface area contributed by atoms with Crippen LogP contribution in [-0.2, 0) is 27.9 Å². The van der Waals surface area contributed by atoms with Crippen molar-refractivity contribution in [2.24, 2.45) is 0 Å². The normalized spacial score (nSPS) is 13.9. The SMILES string of the molecule is CCCCC/C=C\C/C=C\C/C=C\C/C=C\CCCCCC(=O)NCCOP(=O)(O)OCC(O)COC(=O)CCCCCCC/C=C\CCCCCCCCC. The van der Waals surface area contributed by atoms with Gasteiger partial charge in [-0.15, -0.1) is 0 Å². The molecule has 2 unspecified atom stereocenters. The summed E-state index contributed by atoms with van der Waals surface area (Å²) in [6.45, 7) is 3.47. The second-order valence-corrected chi connectivity index (χ2v) is 16.1. The van der Waals surface area contributed by atoms with Gasteiger partial charge in [0.25, 0.3) is 0 Å². The third-order valence-electron chi connectivity index (χ3n) is 9.17. The van der Waals surface area contributed by atoms with Crippen LogP contribution in [-0.4, -0.2) is 54.3 Å². The number of esters is 1. The van der Waals surface area contributed by atoms with Crippen LogP contribution in [0.3, 0.4) is 0 Å². The van der Waals surface area contributed by atoms with E-state index in [1.54, 1.807) is 0 Å². The molecule has 0 saturated carbocycles. The minimum atomic E-state index is -4.43. The molecule has 0 rings (SSSR count). The Labute approximate surface area is 342 Å². The lowest BCUT2D eigenvalue weighted by molar-refractivity contribution is -0.147. The van der Waals surface area contributed by atoms with Crippen molar-refractivity contribution in [2.45, 2.75) is 193 Å². The molecule has 0 heterocycles. The molecular formula is C46H82NO8P. The van der Waals surface area contributed by atoms with E-state index in [-0.39, 0.29) is 32.1 Å². The summed E-state index contributed by atoms with van der Waals surface area (Å²) in [5, 5.41) is 12.7. The number of aliphatic hydroxyl groups is 1. The van der Waals surface area contributed by atoms with Gasteiger partial charge >= 0.3 is 13.8 Å². The van der Waals surface area contributed by atoms with Crippen LogP contribution in [0, 0.1) is 0 Å². The van der Waals surface area contributed by atoms with Crippen molar-refractivity contribution in [3.05, 3.63) is 60.8 Å². The predicted molar refractivity (Wildman–Crippen MR) is 233 cm³/mol. The molecule has 0 aromatic heterocycles. The van der Waals surface area contributed by atoms with E-state index in [2.05, 4.69) is 79.9 Å². The number of allylic oxidation sites excluding steroid dienone is 10. The molecule has 0 spiro atoms.